The van der Waals surface area contributed by atoms with Crippen molar-refractivity contribution in [2.45, 2.75) is 46.0 Å². The molecule has 1 aliphatic carbocycles. The Kier molecular flexibility index (Phi) is 6.67. The molecule has 0 aliphatic heterocycles. The fourth-order valence-electron chi connectivity index (χ4n) is 2.57. The summed E-state index contributed by atoms with van der Waals surface area (Å²) in [5.74, 6) is 0.116. The molecule has 5 heteroatoms. The monoisotopic (exact) mass is 270 g/mol. The maximum atomic E-state index is 11.5. The highest BCUT2D eigenvalue weighted by molar-refractivity contribution is 5.74. The first-order valence-electron chi connectivity index (χ1n) is 7.23. The van der Waals surface area contributed by atoms with Crippen LogP contribution in [0.4, 0.5) is 4.79 Å². The highest BCUT2D eigenvalue weighted by Gasteiger charge is 2.19. The number of urea groups is 1. The van der Waals surface area contributed by atoms with Gasteiger partial charge < -0.3 is 15.7 Å². The van der Waals surface area contributed by atoms with E-state index in [1.54, 1.807) is 6.92 Å². The molecule has 3 unspecified atom stereocenters. The molecular weight excluding hydrogens is 244 g/mol. The molecule has 110 valence electrons. The van der Waals surface area contributed by atoms with Gasteiger partial charge in [-0.15, -0.1) is 0 Å². The lowest BCUT2D eigenvalue weighted by Gasteiger charge is -2.26. The maximum Gasteiger partial charge on any atom is 0.314 e. The van der Waals surface area contributed by atoms with Crippen LogP contribution in [0.15, 0.2) is 0 Å². The number of carbonyl (C=O) groups excluding carboxylic acids is 1. The van der Waals surface area contributed by atoms with Crippen molar-refractivity contribution in [3.05, 3.63) is 0 Å². The van der Waals surface area contributed by atoms with Crippen molar-refractivity contribution in [2.75, 3.05) is 13.1 Å². The molecule has 0 aromatic rings. The first kappa shape index (κ1) is 15.8. The van der Waals surface area contributed by atoms with Crippen molar-refractivity contribution < 1.29 is 14.7 Å². The molecule has 0 spiro atoms. The molecule has 5 nitrogen and oxygen atoms in total. The van der Waals surface area contributed by atoms with E-state index in [0.29, 0.717) is 18.9 Å². The molecule has 0 saturated heterocycles. The van der Waals surface area contributed by atoms with Crippen molar-refractivity contribution in [3.63, 3.8) is 0 Å². The van der Waals surface area contributed by atoms with Crippen LogP contribution < -0.4 is 10.6 Å². The number of hydrogen-bond donors (Lipinski definition) is 3. The van der Waals surface area contributed by atoms with Gasteiger partial charge in [0.2, 0.25) is 0 Å². The van der Waals surface area contributed by atoms with Crippen LogP contribution in [0.2, 0.25) is 0 Å². The third-order valence-corrected chi connectivity index (χ3v) is 3.88. The number of carboxylic acids is 1. The average Bonchev–Trinajstić information content (AvgIpc) is 2.36. The largest absolute Gasteiger partial charge is 0.481 e. The summed E-state index contributed by atoms with van der Waals surface area (Å²) in [7, 11) is 0. The van der Waals surface area contributed by atoms with Crippen LogP contribution in [0, 0.1) is 17.8 Å². The van der Waals surface area contributed by atoms with Crippen molar-refractivity contribution in [2.24, 2.45) is 17.8 Å². The van der Waals surface area contributed by atoms with Gasteiger partial charge in [-0.3, -0.25) is 4.79 Å². The third-order valence-electron chi connectivity index (χ3n) is 3.88. The molecule has 1 aliphatic rings. The van der Waals surface area contributed by atoms with Crippen molar-refractivity contribution >= 4 is 12.0 Å². The molecule has 0 bridgehead atoms. The van der Waals surface area contributed by atoms with Crippen LogP contribution in [-0.4, -0.2) is 30.2 Å². The average molecular weight is 270 g/mol. The van der Waals surface area contributed by atoms with Crippen molar-refractivity contribution in [1.82, 2.24) is 10.6 Å². The number of rotatable bonds is 6. The van der Waals surface area contributed by atoms with Gasteiger partial charge in [0.1, 0.15) is 0 Å². The molecule has 0 radical (unpaired) electrons. The first-order chi connectivity index (χ1) is 8.99. The SMILES string of the molecule is CC1CCCC(CNC(=O)NCCC(C)C(=O)O)C1. The molecule has 0 heterocycles. The van der Waals surface area contributed by atoms with E-state index in [2.05, 4.69) is 17.6 Å². The Morgan fingerprint density at radius 3 is 2.68 bits per heavy atom. The van der Waals surface area contributed by atoms with Gasteiger partial charge in [0.25, 0.3) is 0 Å². The summed E-state index contributed by atoms with van der Waals surface area (Å²) < 4.78 is 0. The van der Waals surface area contributed by atoms with Crippen LogP contribution in [0.3, 0.4) is 0 Å². The summed E-state index contributed by atoms with van der Waals surface area (Å²) in [6.07, 6.45) is 5.40. The summed E-state index contributed by atoms with van der Waals surface area (Å²) in [5.41, 5.74) is 0. The minimum atomic E-state index is -0.821. The van der Waals surface area contributed by atoms with Crippen LogP contribution in [0.1, 0.15) is 46.0 Å². The van der Waals surface area contributed by atoms with Crippen molar-refractivity contribution in [1.29, 1.82) is 0 Å². The van der Waals surface area contributed by atoms with E-state index in [1.807, 2.05) is 0 Å². The zero-order valence-electron chi connectivity index (χ0n) is 11.9. The van der Waals surface area contributed by atoms with Gasteiger partial charge in [0.05, 0.1) is 5.92 Å². The van der Waals surface area contributed by atoms with E-state index in [-0.39, 0.29) is 6.03 Å². The first-order valence-corrected chi connectivity index (χ1v) is 7.23. The van der Waals surface area contributed by atoms with Gasteiger partial charge in [0.15, 0.2) is 0 Å². The molecule has 0 aromatic heterocycles. The normalized spacial score (nSPS) is 24.5. The molecule has 2 amide bonds. The number of aliphatic carboxylic acids is 1. The highest BCUT2D eigenvalue weighted by atomic mass is 16.4. The lowest BCUT2D eigenvalue weighted by molar-refractivity contribution is -0.141. The second-order valence-electron chi connectivity index (χ2n) is 5.80. The highest BCUT2D eigenvalue weighted by Crippen LogP contribution is 2.27. The van der Waals surface area contributed by atoms with Crippen LogP contribution >= 0.6 is 0 Å². The number of carboxylic acid groups (broad SMARTS) is 1. The fraction of sp³-hybridized carbons (Fsp3) is 0.857. The van der Waals surface area contributed by atoms with Gasteiger partial charge in [-0.05, 0) is 31.1 Å². The Labute approximate surface area is 115 Å². The second kappa shape index (κ2) is 8.02. The van der Waals surface area contributed by atoms with Gasteiger partial charge in [-0.1, -0.05) is 26.7 Å². The Bertz CT molecular complexity index is 307. The molecule has 1 rings (SSSR count). The predicted octanol–water partition coefficient (Wildman–Crippen LogP) is 2.22. The quantitative estimate of drug-likeness (QED) is 0.692. The summed E-state index contributed by atoms with van der Waals surface area (Å²) in [5, 5.41) is 14.3. The molecule has 19 heavy (non-hydrogen) atoms. The van der Waals surface area contributed by atoms with E-state index in [0.717, 1.165) is 12.5 Å². The van der Waals surface area contributed by atoms with Gasteiger partial charge in [-0.2, -0.15) is 0 Å². The summed E-state index contributed by atoms with van der Waals surface area (Å²) >= 11 is 0. The number of amides is 2. The second-order valence-corrected chi connectivity index (χ2v) is 5.80. The van der Waals surface area contributed by atoms with E-state index in [9.17, 15) is 9.59 Å². The lowest BCUT2D eigenvalue weighted by atomic mass is 9.82. The zero-order valence-corrected chi connectivity index (χ0v) is 11.9. The smallest absolute Gasteiger partial charge is 0.314 e. The molecule has 0 aromatic carbocycles. The molecule has 3 N–H and O–H groups in total. The topological polar surface area (TPSA) is 78.4 Å². The zero-order chi connectivity index (χ0) is 14.3. The number of hydrogen-bond acceptors (Lipinski definition) is 2. The standard InChI is InChI=1S/C14H26N2O3/c1-10-4-3-5-12(8-10)9-16-14(19)15-7-6-11(2)13(17)18/h10-12H,3-9H2,1-2H3,(H,17,18)(H2,15,16,19). The predicted molar refractivity (Wildman–Crippen MR) is 73.9 cm³/mol. The lowest BCUT2D eigenvalue weighted by Crippen LogP contribution is -2.40. The van der Waals surface area contributed by atoms with E-state index in [4.69, 9.17) is 5.11 Å². The Morgan fingerprint density at radius 1 is 1.32 bits per heavy atom. The van der Waals surface area contributed by atoms with Crippen LogP contribution in [0.25, 0.3) is 0 Å². The fourth-order valence-corrected chi connectivity index (χ4v) is 2.57. The van der Waals surface area contributed by atoms with Gasteiger partial charge in [-0.25, -0.2) is 4.79 Å². The Hall–Kier alpha value is -1.26. The minimum absolute atomic E-state index is 0.184. The van der Waals surface area contributed by atoms with Gasteiger partial charge in [0, 0.05) is 13.1 Å². The summed E-state index contributed by atoms with van der Waals surface area (Å²) in [6, 6.07) is -0.184. The maximum absolute atomic E-state index is 11.5. The number of carbonyl (C=O) groups is 2. The summed E-state index contributed by atoms with van der Waals surface area (Å²) in [6.45, 7) is 5.04. The molecule has 1 fully saturated rings. The van der Waals surface area contributed by atoms with Gasteiger partial charge >= 0.3 is 12.0 Å². The van der Waals surface area contributed by atoms with Crippen molar-refractivity contribution in [3.8, 4) is 0 Å². The van der Waals surface area contributed by atoms with E-state index in [1.165, 1.54) is 25.7 Å². The third kappa shape index (κ3) is 6.45. The molecular formula is C14H26N2O3. The van der Waals surface area contributed by atoms with Crippen LogP contribution in [0.5, 0.6) is 0 Å². The Balaban J connectivity index is 2.09. The number of nitrogens with one attached hydrogen (secondary N) is 2. The Morgan fingerprint density at radius 2 is 2.05 bits per heavy atom. The van der Waals surface area contributed by atoms with Crippen LogP contribution in [-0.2, 0) is 4.79 Å². The molecule has 1 saturated carbocycles. The molecule has 3 atom stereocenters. The summed E-state index contributed by atoms with van der Waals surface area (Å²) in [4.78, 5) is 22.2. The van der Waals surface area contributed by atoms with E-state index < -0.39 is 11.9 Å². The minimum Gasteiger partial charge on any atom is -0.481 e. The van der Waals surface area contributed by atoms with E-state index >= 15 is 0 Å².